The average Bonchev–Trinajstić information content (AvgIpc) is 2.51. The van der Waals surface area contributed by atoms with Crippen LogP contribution in [0.15, 0.2) is 18.2 Å². The van der Waals surface area contributed by atoms with Crippen molar-refractivity contribution < 1.29 is 19.4 Å². The summed E-state index contributed by atoms with van der Waals surface area (Å²) in [6.45, 7) is 0.903. The second kappa shape index (κ2) is 6.32. The first kappa shape index (κ1) is 15.6. The van der Waals surface area contributed by atoms with Gasteiger partial charge in [-0.05, 0) is 18.9 Å². The first-order valence-corrected chi connectivity index (χ1v) is 6.97. The lowest BCUT2D eigenvalue weighted by Crippen LogP contribution is -2.56. The van der Waals surface area contributed by atoms with Crippen LogP contribution in [-0.4, -0.2) is 48.8 Å². The molecule has 6 heteroatoms. The van der Waals surface area contributed by atoms with Crippen molar-refractivity contribution in [2.24, 2.45) is 5.73 Å². The van der Waals surface area contributed by atoms with Crippen LogP contribution in [0.1, 0.15) is 18.4 Å². The topological polar surface area (TPSA) is 85.0 Å². The minimum atomic E-state index is -1.44. The molecule has 116 valence electrons. The van der Waals surface area contributed by atoms with Crippen molar-refractivity contribution in [3.05, 3.63) is 23.8 Å². The van der Waals surface area contributed by atoms with E-state index in [1.807, 2.05) is 12.1 Å². The van der Waals surface area contributed by atoms with Crippen LogP contribution in [0, 0.1) is 0 Å². The minimum Gasteiger partial charge on any atom is -0.493 e. The Morgan fingerprint density at radius 2 is 2.14 bits per heavy atom. The number of rotatable bonds is 5. The van der Waals surface area contributed by atoms with Crippen LogP contribution >= 0.6 is 0 Å². The van der Waals surface area contributed by atoms with Gasteiger partial charge in [-0.15, -0.1) is 0 Å². The standard InChI is InChI=1S/C15H22N2O4/c1-20-12-6-3-5-11(13(12)21-2)9-17-8-4-7-15(19,10-16)14(17)18/h3,5-6,19H,4,7-10,16H2,1-2H3. The van der Waals surface area contributed by atoms with Crippen LogP contribution in [0.5, 0.6) is 11.5 Å². The van der Waals surface area contributed by atoms with Crippen molar-refractivity contribution in [3.63, 3.8) is 0 Å². The van der Waals surface area contributed by atoms with E-state index >= 15 is 0 Å². The summed E-state index contributed by atoms with van der Waals surface area (Å²) in [5.74, 6) is 0.907. The SMILES string of the molecule is COc1cccc(CN2CCCC(O)(CN)C2=O)c1OC. The number of ether oxygens (including phenoxy) is 2. The van der Waals surface area contributed by atoms with Gasteiger partial charge in [0.15, 0.2) is 17.1 Å². The number of likely N-dealkylation sites (tertiary alicyclic amines) is 1. The summed E-state index contributed by atoms with van der Waals surface area (Å²) in [5.41, 5.74) is 4.94. The Morgan fingerprint density at radius 1 is 1.38 bits per heavy atom. The summed E-state index contributed by atoms with van der Waals surface area (Å²) in [7, 11) is 3.14. The lowest BCUT2D eigenvalue weighted by Gasteiger charge is -2.37. The lowest BCUT2D eigenvalue weighted by atomic mass is 9.91. The van der Waals surface area contributed by atoms with E-state index in [1.54, 1.807) is 25.2 Å². The number of carbonyl (C=O) groups excluding carboxylic acids is 1. The van der Waals surface area contributed by atoms with E-state index < -0.39 is 5.60 Å². The quantitative estimate of drug-likeness (QED) is 0.827. The highest BCUT2D eigenvalue weighted by atomic mass is 16.5. The summed E-state index contributed by atoms with van der Waals surface area (Å²) in [5, 5.41) is 10.3. The molecular formula is C15H22N2O4. The Labute approximate surface area is 124 Å². The number of carbonyl (C=O) groups is 1. The zero-order valence-corrected chi connectivity index (χ0v) is 12.5. The monoisotopic (exact) mass is 294 g/mol. The molecular weight excluding hydrogens is 272 g/mol. The normalized spacial score (nSPS) is 22.3. The van der Waals surface area contributed by atoms with Crippen LogP contribution in [0.4, 0.5) is 0 Å². The zero-order valence-electron chi connectivity index (χ0n) is 12.5. The summed E-state index contributed by atoms with van der Waals surface area (Å²) in [6.07, 6.45) is 1.14. The van der Waals surface area contributed by atoms with E-state index in [9.17, 15) is 9.90 Å². The molecule has 3 N–H and O–H groups in total. The Morgan fingerprint density at radius 3 is 2.76 bits per heavy atom. The maximum atomic E-state index is 12.4. The number of nitrogens with zero attached hydrogens (tertiary/aromatic N) is 1. The van der Waals surface area contributed by atoms with Gasteiger partial charge in [-0.3, -0.25) is 4.79 Å². The Kier molecular flexibility index (Phi) is 4.69. The third-order valence-electron chi connectivity index (χ3n) is 3.89. The molecule has 0 spiro atoms. The molecule has 1 fully saturated rings. The van der Waals surface area contributed by atoms with Gasteiger partial charge in [-0.25, -0.2) is 0 Å². The van der Waals surface area contributed by atoms with Crippen molar-refractivity contribution in [1.29, 1.82) is 0 Å². The molecule has 6 nitrogen and oxygen atoms in total. The van der Waals surface area contributed by atoms with Crippen molar-refractivity contribution in [1.82, 2.24) is 4.90 Å². The van der Waals surface area contributed by atoms with Crippen LogP contribution in [0.2, 0.25) is 0 Å². The summed E-state index contributed by atoms with van der Waals surface area (Å²) in [6, 6.07) is 5.53. The molecule has 1 heterocycles. The molecule has 1 unspecified atom stereocenters. The number of para-hydroxylation sites is 1. The van der Waals surface area contributed by atoms with Crippen LogP contribution in [-0.2, 0) is 11.3 Å². The van der Waals surface area contributed by atoms with Gasteiger partial charge in [0.2, 0.25) is 0 Å². The Hall–Kier alpha value is -1.79. The molecule has 2 rings (SSSR count). The third-order valence-corrected chi connectivity index (χ3v) is 3.89. The second-order valence-electron chi connectivity index (χ2n) is 5.22. The highest BCUT2D eigenvalue weighted by Gasteiger charge is 2.41. The smallest absolute Gasteiger partial charge is 0.256 e. The van der Waals surface area contributed by atoms with E-state index in [0.717, 1.165) is 12.0 Å². The number of benzene rings is 1. The fraction of sp³-hybridized carbons (Fsp3) is 0.533. The van der Waals surface area contributed by atoms with Gasteiger partial charge in [-0.2, -0.15) is 0 Å². The van der Waals surface area contributed by atoms with Gasteiger partial charge in [-0.1, -0.05) is 12.1 Å². The molecule has 0 aliphatic carbocycles. The predicted molar refractivity (Wildman–Crippen MR) is 78.2 cm³/mol. The molecule has 1 atom stereocenters. The number of methoxy groups -OCH3 is 2. The molecule has 0 aromatic heterocycles. The van der Waals surface area contributed by atoms with Gasteiger partial charge >= 0.3 is 0 Å². The number of hydrogen-bond acceptors (Lipinski definition) is 5. The molecule has 1 aliphatic heterocycles. The molecule has 1 aromatic rings. The maximum Gasteiger partial charge on any atom is 0.256 e. The van der Waals surface area contributed by atoms with Crippen molar-refractivity contribution in [2.75, 3.05) is 27.3 Å². The van der Waals surface area contributed by atoms with E-state index in [0.29, 0.717) is 31.0 Å². The van der Waals surface area contributed by atoms with E-state index in [1.165, 1.54) is 0 Å². The third kappa shape index (κ3) is 2.96. The lowest BCUT2D eigenvalue weighted by molar-refractivity contribution is -0.156. The first-order valence-electron chi connectivity index (χ1n) is 6.97. The number of amides is 1. The van der Waals surface area contributed by atoms with Crippen LogP contribution in [0.3, 0.4) is 0 Å². The van der Waals surface area contributed by atoms with Crippen molar-refractivity contribution >= 4 is 5.91 Å². The number of nitrogens with two attached hydrogens (primary N) is 1. The number of aliphatic hydroxyl groups is 1. The largest absolute Gasteiger partial charge is 0.493 e. The van der Waals surface area contributed by atoms with E-state index in [2.05, 4.69) is 0 Å². The van der Waals surface area contributed by atoms with Crippen molar-refractivity contribution in [2.45, 2.75) is 25.0 Å². The molecule has 0 saturated carbocycles. The van der Waals surface area contributed by atoms with Crippen molar-refractivity contribution in [3.8, 4) is 11.5 Å². The van der Waals surface area contributed by atoms with Crippen LogP contribution < -0.4 is 15.2 Å². The second-order valence-corrected chi connectivity index (χ2v) is 5.22. The summed E-state index contributed by atoms with van der Waals surface area (Å²) < 4.78 is 10.6. The highest BCUT2D eigenvalue weighted by molar-refractivity contribution is 5.86. The van der Waals surface area contributed by atoms with E-state index in [4.69, 9.17) is 15.2 Å². The molecule has 21 heavy (non-hydrogen) atoms. The fourth-order valence-electron chi connectivity index (χ4n) is 2.69. The Bertz CT molecular complexity index is 520. The molecule has 1 amide bonds. The number of piperidine rings is 1. The zero-order chi connectivity index (χ0) is 15.5. The molecule has 0 radical (unpaired) electrons. The highest BCUT2D eigenvalue weighted by Crippen LogP contribution is 2.33. The first-order chi connectivity index (χ1) is 10.1. The minimum absolute atomic E-state index is 0.0580. The van der Waals surface area contributed by atoms with Gasteiger partial charge in [0.05, 0.1) is 14.2 Å². The number of hydrogen-bond donors (Lipinski definition) is 2. The molecule has 1 saturated heterocycles. The van der Waals surface area contributed by atoms with Gasteiger partial charge in [0.25, 0.3) is 5.91 Å². The van der Waals surface area contributed by atoms with Gasteiger partial charge in [0, 0.05) is 25.2 Å². The molecule has 0 bridgehead atoms. The summed E-state index contributed by atoms with van der Waals surface area (Å²) >= 11 is 0. The maximum absolute atomic E-state index is 12.4. The molecule has 1 aromatic carbocycles. The van der Waals surface area contributed by atoms with E-state index in [-0.39, 0.29) is 12.5 Å². The van der Waals surface area contributed by atoms with Gasteiger partial charge < -0.3 is 25.2 Å². The summed E-state index contributed by atoms with van der Waals surface area (Å²) in [4.78, 5) is 14.0. The average molecular weight is 294 g/mol. The Balaban J connectivity index is 2.24. The van der Waals surface area contributed by atoms with Crippen LogP contribution in [0.25, 0.3) is 0 Å². The fourth-order valence-corrected chi connectivity index (χ4v) is 2.69. The predicted octanol–water partition coefficient (Wildman–Crippen LogP) is 0.516. The molecule has 1 aliphatic rings. The van der Waals surface area contributed by atoms with Gasteiger partial charge in [0.1, 0.15) is 0 Å².